The highest BCUT2D eigenvalue weighted by atomic mass is 16.1. The van der Waals surface area contributed by atoms with Gasteiger partial charge in [-0.2, -0.15) is 0 Å². The van der Waals surface area contributed by atoms with Gasteiger partial charge in [-0.05, 0) is 25.0 Å². The summed E-state index contributed by atoms with van der Waals surface area (Å²) in [7, 11) is 0. The van der Waals surface area contributed by atoms with Gasteiger partial charge in [0.2, 0.25) is 0 Å². The highest BCUT2D eigenvalue weighted by molar-refractivity contribution is 5.74. The van der Waals surface area contributed by atoms with Crippen molar-refractivity contribution in [3.8, 4) is 0 Å². The van der Waals surface area contributed by atoms with E-state index in [1.807, 2.05) is 30.3 Å². The molecule has 0 spiro atoms. The topological polar surface area (TPSA) is 17.1 Å². The van der Waals surface area contributed by atoms with Gasteiger partial charge in [-0.25, -0.2) is 0 Å². The van der Waals surface area contributed by atoms with Gasteiger partial charge in [-0.3, -0.25) is 4.79 Å². The predicted molar refractivity (Wildman–Crippen MR) is 63.6 cm³/mol. The van der Waals surface area contributed by atoms with Crippen LogP contribution in [0, 0.1) is 6.92 Å². The molecule has 1 aromatic carbocycles. The molecule has 1 heteroatoms. The molecule has 0 aliphatic rings. The minimum absolute atomic E-state index is 0.734. The van der Waals surface area contributed by atoms with Gasteiger partial charge in [0.25, 0.3) is 0 Å². The number of carbonyl (C=O) groups is 1. The van der Waals surface area contributed by atoms with Crippen molar-refractivity contribution in [1.82, 2.24) is 0 Å². The second-order valence-corrected chi connectivity index (χ2v) is 3.59. The Bertz CT molecular complexity index is 378. The fraction of sp³-hybridized carbons (Fsp3) is 0.286. The average Bonchev–Trinajstić information content (AvgIpc) is 2.26. The first-order valence-corrected chi connectivity index (χ1v) is 5.23. The van der Waals surface area contributed by atoms with Crippen LogP contribution in [0.5, 0.6) is 0 Å². The molecule has 78 valence electrons. The summed E-state index contributed by atoms with van der Waals surface area (Å²) in [6.07, 6.45) is 4.52. The lowest BCUT2D eigenvalue weighted by Gasteiger charge is -1.93. The third-order valence-corrected chi connectivity index (χ3v) is 2.16. The van der Waals surface area contributed by atoms with Crippen molar-refractivity contribution in [3.05, 3.63) is 46.7 Å². The van der Waals surface area contributed by atoms with Crippen molar-refractivity contribution in [3.63, 3.8) is 0 Å². The number of benzene rings is 1. The second kappa shape index (κ2) is 6.00. The molecule has 0 heterocycles. The maximum atomic E-state index is 10.7. The Morgan fingerprint density at radius 1 is 1.33 bits per heavy atom. The van der Waals surface area contributed by atoms with Gasteiger partial charge >= 0.3 is 0 Å². The number of aldehydes is 1. The molecule has 0 aliphatic carbocycles. The smallest absolute Gasteiger partial charge is 0.153 e. The Hall–Kier alpha value is -1.59. The van der Waals surface area contributed by atoms with E-state index >= 15 is 0 Å². The molecule has 0 bridgehead atoms. The van der Waals surface area contributed by atoms with Crippen molar-refractivity contribution < 1.29 is 4.79 Å². The normalized spacial score (nSPS) is 9.20. The zero-order chi connectivity index (χ0) is 11.1. The molecule has 0 fully saturated rings. The molecule has 0 N–H and O–H groups in total. The molecule has 0 saturated carbocycles. The monoisotopic (exact) mass is 200 g/mol. The van der Waals surface area contributed by atoms with E-state index in [4.69, 9.17) is 0 Å². The van der Waals surface area contributed by atoms with E-state index in [1.54, 1.807) is 0 Å². The lowest BCUT2D eigenvalue weighted by Crippen LogP contribution is -1.80. The van der Waals surface area contributed by atoms with E-state index in [2.05, 4.69) is 19.6 Å². The summed E-state index contributed by atoms with van der Waals surface area (Å²) in [5, 5.41) is 0. The Kier molecular flexibility index (Phi) is 4.59. The van der Waals surface area contributed by atoms with Crippen LogP contribution in [0.25, 0.3) is 6.08 Å². The van der Waals surface area contributed by atoms with Crippen molar-refractivity contribution >= 4 is 12.4 Å². The van der Waals surface area contributed by atoms with Crippen LogP contribution < -0.4 is 0 Å². The largest absolute Gasteiger partial charge is 0.298 e. The molecule has 0 radical (unpaired) electrons. The standard InChI is InChI=1S/C14H16O/c1-3-4-14(11-15)10-9-13-7-5-12(2)6-8-13/h5-9,11H,3-4H2,1-2H3. The average molecular weight is 200 g/mol. The van der Waals surface area contributed by atoms with Gasteiger partial charge in [-0.15, -0.1) is 5.73 Å². The van der Waals surface area contributed by atoms with Crippen molar-refractivity contribution in [2.75, 3.05) is 0 Å². The van der Waals surface area contributed by atoms with Gasteiger partial charge < -0.3 is 0 Å². The molecule has 0 aliphatic heterocycles. The number of aryl methyl sites for hydroxylation is 1. The molecule has 0 atom stereocenters. The summed E-state index contributed by atoms with van der Waals surface area (Å²) in [5.41, 5.74) is 6.08. The predicted octanol–water partition coefficient (Wildman–Crippen LogP) is 3.53. The van der Waals surface area contributed by atoms with E-state index in [0.717, 1.165) is 30.3 Å². The van der Waals surface area contributed by atoms with E-state index in [9.17, 15) is 4.79 Å². The summed E-state index contributed by atoms with van der Waals surface area (Å²) in [6.45, 7) is 4.11. The number of rotatable bonds is 4. The van der Waals surface area contributed by atoms with Gasteiger partial charge in [0.1, 0.15) is 0 Å². The second-order valence-electron chi connectivity index (χ2n) is 3.59. The van der Waals surface area contributed by atoms with Crippen LogP contribution in [0.3, 0.4) is 0 Å². The Labute approximate surface area is 91.1 Å². The molecule has 1 aromatic rings. The summed E-state index contributed by atoms with van der Waals surface area (Å²) in [4.78, 5) is 10.7. The molecule has 0 saturated heterocycles. The molecule has 1 rings (SSSR count). The molecule has 15 heavy (non-hydrogen) atoms. The quantitative estimate of drug-likeness (QED) is 0.413. The van der Waals surface area contributed by atoms with Crippen LogP contribution in [0.1, 0.15) is 30.9 Å². The zero-order valence-electron chi connectivity index (χ0n) is 9.29. The SMILES string of the molecule is CCCC(=C=Cc1ccc(C)cc1)C=O. The Morgan fingerprint density at radius 2 is 2.00 bits per heavy atom. The highest BCUT2D eigenvalue weighted by Gasteiger charge is 1.90. The van der Waals surface area contributed by atoms with E-state index in [0.29, 0.717) is 0 Å². The minimum atomic E-state index is 0.734. The Balaban J connectivity index is 2.87. The summed E-state index contributed by atoms with van der Waals surface area (Å²) < 4.78 is 0. The van der Waals surface area contributed by atoms with Crippen LogP contribution in [0.15, 0.2) is 35.6 Å². The molecule has 0 amide bonds. The third kappa shape index (κ3) is 3.97. The molecular weight excluding hydrogens is 184 g/mol. The maximum Gasteiger partial charge on any atom is 0.153 e. The summed E-state index contributed by atoms with van der Waals surface area (Å²) in [6, 6.07) is 8.15. The lowest BCUT2D eigenvalue weighted by molar-refractivity contribution is -0.105. The summed E-state index contributed by atoms with van der Waals surface area (Å²) in [5.74, 6) is 0. The van der Waals surface area contributed by atoms with Crippen LogP contribution in [-0.4, -0.2) is 6.29 Å². The number of hydrogen-bond donors (Lipinski definition) is 0. The molecule has 1 nitrogen and oxygen atoms in total. The summed E-state index contributed by atoms with van der Waals surface area (Å²) >= 11 is 0. The first-order valence-electron chi connectivity index (χ1n) is 5.23. The molecule has 0 aromatic heterocycles. The lowest BCUT2D eigenvalue weighted by atomic mass is 10.1. The van der Waals surface area contributed by atoms with Gasteiger partial charge in [0.15, 0.2) is 6.29 Å². The first kappa shape index (κ1) is 11.5. The zero-order valence-corrected chi connectivity index (χ0v) is 9.29. The number of allylic oxidation sites excluding steroid dienone is 1. The molecule has 0 unspecified atom stereocenters. The maximum absolute atomic E-state index is 10.7. The van der Waals surface area contributed by atoms with Gasteiger partial charge in [-0.1, -0.05) is 43.2 Å². The van der Waals surface area contributed by atoms with Crippen LogP contribution in [0.2, 0.25) is 0 Å². The van der Waals surface area contributed by atoms with Crippen molar-refractivity contribution in [1.29, 1.82) is 0 Å². The van der Waals surface area contributed by atoms with Gasteiger partial charge in [0.05, 0.1) is 0 Å². The van der Waals surface area contributed by atoms with Crippen LogP contribution in [0.4, 0.5) is 0 Å². The fourth-order valence-electron chi connectivity index (χ4n) is 1.27. The number of hydrogen-bond acceptors (Lipinski definition) is 1. The van der Waals surface area contributed by atoms with Crippen molar-refractivity contribution in [2.45, 2.75) is 26.7 Å². The third-order valence-electron chi connectivity index (χ3n) is 2.16. The van der Waals surface area contributed by atoms with Crippen LogP contribution in [-0.2, 0) is 4.79 Å². The van der Waals surface area contributed by atoms with E-state index in [-0.39, 0.29) is 0 Å². The van der Waals surface area contributed by atoms with Crippen molar-refractivity contribution in [2.24, 2.45) is 0 Å². The highest BCUT2D eigenvalue weighted by Crippen LogP contribution is 2.06. The Morgan fingerprint density at radius 3 is 2.53 bits per heavy atom. The molecular formula is C14H16O. The first-order chi connectivity index (χ1) is 7.26. The number of carbonyl (C=O) groups excluding carboxylic acids is 1. The van der Waals surface area contributed by atoms with E-state index in [1.165, 1.54) is 5.56 Å². The fourth-order valence-corrected chi connectivity index (χ4v) is 1.27. The minimum Gasteiger partial charge on any atom is -0.298 e. The van der Waals surface area contributed by atoms with E-state index < -0.39 is 0 Å². The van der Waals surface area contributed by atoms with Gasteiger partial charge in [0, 0.05) is 5.57 Å². The van der Waals surface area contributed by atoms with Crippen LogP contribution >= 0.6 is 0 Å².